The van der Waals surface area contributed by atoms with E-state index in [1.54, 1.807) is 0 Å². The number of anilines is 1. The highest BCUT2D eigenvalue weighted by Crippen LogP contribution is 2.32. The first-order valence-corrected chi connectivity index (χ1v) is 6.89. The molecule has 20 heavy (non-hydrogen) atoms. The van der Waals surface area contributed by atoms with E-state index < -0.39 is 11.6 Å². The predicted molar refractivity (Wildman–Crippen MR) is 74.6 cm³/mol. The van der Waals surface area contributed by atoms with Crippen LogP contribution in [0.15, 0.2) is 18.2 Å². The molecule has 1 aliphatic heterocycles. The highest BCUT2D eigenvalue weighted by Gasteiger charge is 2.37. The maximum absolute atomic E-state index is 14.0. The molecule has 110 valence electrons. The summed E-state index contributed by atoms with van der Waals surface area (Å²) < 4.78 is 27.0. The van der Waals surface area contributed by atoms with Crippen LogP contribution in [0.5, 0.6) is 0 Å². The average Bonchev–Trinajstić information content (AvgIpc) is 2.71. The Balaban J connectivity index is 2.29. The maximum atomic E-state index is 14.0. The van der Waals surface area contributed by atoms with Gasteiger partial charge in [0.15, 0.2) is 0 Å². The van der Waals surface area contributed by atoms with Crippen LogP contribution in [-0.4, -0.2) is 24.5 Å². The average molecular weight is 282 g/mol. The monoisotopic (exact) mass is 282 g/mol. The number of nitrogens with zero attached hydrogens (tertiary/aromatic N) is 1. The molecular formula is C15H20F2N2O. The number of benzene rings is 1. The van der Waals surface area contributed by atoms with E-state index in [9.17, 15) is 13.6 Å². The Kier molecular flexibility index (Phi) is 4.26. The summed E-state index contributed by atoms with van der Waals surface area (Å²) in [6.07, 6.45) is 0.763. The van der Waals surface area contributed by atoms with E-state index in [2.05, 4.69) is 5.32 Å². The summed E-state index contributed by atoms with van der Waals surface area (Å²) >= 11 is 0. The van der Waals surface area contributed by atoms with Gasteiger partial charge in [-0.15, -0.1) is 0 Å². The van der Waals surface area contributed by atoms with Gasteiger partial charge in [0.25, 0.3) is 0 Å². The van der Waals surface area contributed by atoms with Crippen molar-refractivity contribution < 1.29 is 13.6 Å². The number of rotatable bonds is 3. The molecule has 1 N–H and O–H groups in total. The van der Waals surface area contributed by atoms with Gasteiger partial charge in [-0.2, -0.15) is 0 Å². The molecule has 1 aromatic rings. The molecule has 5 heteroatoms. The molecule has 0 bridgehead atoms. The summed E-state index contributed by atoms with van der Waals surface area (Å²) in [6, 6.07) is 3.65. The largest absolute Gasteiger partial charge is 0.364 e. The second-order valence-corrected chi connectivity index (χ2v) is 5.62. The molecule has 1 fully saturated rings. The van der Waals surface area contributed by atoms with E-state index in [0.29, 0.717) is 12.2 Å². The van der Waals surface area contributed by atoms with Crippen molar-refractivity contribution in [3.8, 4) is 0 Å². The minimum absolute atomic E-state index is 0.00282. The maximum Gasteiger partial charge on any atom is 0.217 e. The zero-order valence-electron chi connectivity index (χ0n) is 12.0. The van der Waals surface area contributed by atoms with Crippen LogP contribution < -0.4 is 10.2 Å². The standard InChI is InChI=1S/C15H20F2N2O/c1-9(2)15-13(18-10(3)20)6-7-19(15)14-5-4-11(16)8-12(14)17/h4-5,8-9,13,15H,6-7H2,1-3H3,(H,18,20). The molecular weight excluding hydrogens is 262 g/mol. The molecule has 1 saturated heterocycles. The molecule has 1 heterocycles. The van der Waals surface area contributed by atoms with Crippen LogP contribution in [0, 0.1) is 17.6 Å². The highest BCUT2D eigenvalue weighted by molar-refractivity contribution is 5.73. The predicted octanol–water partition coefficient (Wildman–Crippen LogP) is 2.70. The summed E-state index contributed by atoms with van der Waals surface area (Å²) in [5.74, 6) is -0.968. The van der Waals surface area contributed by atoms with Crippen LogP contribution in [0.4, 0.5) is 14.5 Å². The second kappa shape index (κ2) is 5.77. The Labute approximate surface area is 118 Å². The summed E-state index contributed by atoms with van der Waals surface area (Å²) in [5, 5.41) is 2.93. The molecule has 0 spiro atoms. The fraction of sp³-hybridized carbons (Fsp3) is 0.533. The Morgan fingerprint density at radius 3 is 2.65 bits per heavy atom. The third kappa shape index (κ3) is 2.92. The van der Waals surface area contributed by atoms with Crippen molar-refractivity contribution in [3.63, 3.8) is 0 Å². The minimum atomic E-state index is -0.579. The van der Waals surface area contributed by atoms with Crippen molar-refractivity contribution >= 4 is 11.6 Å². The first-order chi connectivity index (χ1) is 9.40. The number of hydrogen-bond donors (Lipinski definition) is 1. The summed E-state index contributed by atoms with van der Waals surface area (Å²) in [6.45, 7) is 6.22. The Morgan fingerprint density at radius 2 is 2.10 bits per heavy atom. The zero-order chi connectivity index (χ0) is 14.9. The van der Waals surface area contributed by atoms with Gasteiger partial charge in [-0.1, -0.05) is 13.8 Å². The first-order valence-electron chi connectivity index (χ1n) is 6.89. The number of amides is 1. The zero-order valence-corrected chi connectivity index (χ0v) is 12.0. The van der Waals surface area contributed by atoms with Gasteiger partial charge >= 0.3 is 0 Å². The topological polar surface area (TPSA) is 32.3 Å². The molecule has 0 saturated carbocycles. The lowest BCUT2D eigenvalue weighted by Crippen LogP contribution is -2.47. The van der Waals surface area contributed by atoms with Crippen LogP contribution in [0.3, 0.4) is 0 Å². The van der Waals surface area contributed by atoms with Gasteiger partial charge in [-0.3, -0.25) is 4.79 Å². The third-order valence-electron chi connectivity index (χ3n) is 3.74. The number of nitrogens with one attached hydrogen (secondary N) is 1. The van der Waals surface area contributed by atoms with E-state index in [1.165, 1.54) is 19.1 Å². The molecule has 3 nitrogen and oxygen atoms in total. The lowest BCUT2D eigenvalue weighted by molar-refractivity contribution is -0.119. The quantitative estimate of drug-likeness (QED) is 0.924. The Morgan fingerprint density at radius 1 is 1.40 bits per heavy atom. The summed E-state index contributed by atoms with van der Waals surface area (Å²) in [4.78, 5) is 13.2. The van der Waals surface area contributed by atoms with Crippen molar-refractivity contribution in [1.29, 1.82) is 0 Å². The lowest BCUT2D eigenvalue weighted by atomic mass is 9.97. The number of hydrogen-bond acceptors (Lipinski definition) is 2. The second-order valence-electron chi connectivity index (χ2n) is 5.62. The van der Waals surface area contributed by atoms with E-state index in [4.69, 9.17) is 0 Å². The van der Waals surface area contributed by atoms with Crippen molar-refractivity contribution in [1.82, 2.24) is 5.32 Å². The van der Waals surface area contributed by atoms with Crippen molar-refractivity contribution in [2.75, 3.05) is 11.4 Å². The molecule has 1 aliphatic rings. The van der Waals surface area contributed by atoms with Gasteiger partial charge in [0, 0.05) is 19.5 Å². The number of halogens is 2. The summed E-state index contributed by atoms with van der Waals surface area (Å²) in [5.41, 5.74) is 0.401. The molecule has 2 atom stereocenters. The molecule has 0 aromatic heterocycles. The van der Waals surface area contributed by atoms with Crippen LogP contribution in [0.25, 0.3) is 0 Å². The number of carbonyl (C=O) groups is 1. The molecule has 0 aliphatic carbocycles. The van der Waals surface area contributed by atoms with Crippen molar-refractivity contribution in [3.05, 3.63) is 29.8 Å². The van der Waals surface area contributed by atoms with Gasteiger partial charge < -0.3 is 10.2 Å². The van der Waals surface area contributed by atoms with Crippen LogP contribution >= 0.6 is 0 Å². The number of carbonyl (C=O) groups excluding carboxylic acids is 1. The van der Waals surface area contributed by atoms with E-state index in [-0.39, 0.29) is 23.9 Å². The third-order valence-corrected chi connectivity index (χ3v) is 3.74. The highest BCUT2D eigenvalue weighted by atomic mass is 19.1. The van der Waals surface area contributed by atoms with Crippen LogP contribution in [0.2, 0.25) is 0 Å². The summed E-state index contributed by atoms with van der Waals surface area (Å²) in [7, 11) is 0. The van der Waals surface area contributed by atoms with Gasteiger partial charge in [0.2, 0.25) is 5.91 Å². The molecule has 2 rings (SSSR count). The Bertz CT molecular complexity index is 505. The normalized spacial score (nSPS) is 22.4. The van der Waals surface area contributed by atoms with Gasteiger partial charge in [-0.25, -0.2) is 8.78 Å². The molecule has 1 amide bonds. The minimum Gasteiger partial charge on any atom is -0.364 e. The Hall–Kier alpha value is -1.65. The lowest BCUT2D eigenvalue weighted by Gasteiger charge is -2.33. The smallest absolute Gasteiger partial charge is 0.217 e. The molecule has 2 unspecified atom stereocenters. The van der Waals surface area contributed by atoms with E-state index in [0.717, 1.165) is 12.5 Å². The van der Waals surface area contributed by atoms with Crippen LogP contribution in [-0.2, 0) is 4.79 Å². The van der Waals surface area contributed by atoms with Gasteiger partial charge in [0.1, 0.15) is 11.6 Å². The fourth-order valence-electron chi connectivity index (χ4n) is 3.05. The van der Waals surface area contributed by atoms with Crippen molar-refractivity contribution in [2.24, 2.45) is 5.92 Å². The molecule has 0 radical (unpaired) electrons. The molecule has 1 aromatic carbocycles. The van der Waals surface area contributed by atoms with Crippen molar-refractivity contribution in [2.45, 2.75) is 39.3 Å². The first kappa shape index (κ1) is 14.8. The van der Waals surface area contributed by atoms with Crippen LogP contribution in [0.1, 0.15) is 27.2 Å². The van der Waals surface area contributed by atoms with E-state index >= 15 is 0 Å². The SMILES string of the molecule is CC(=O)NC1CCN(c2ccc(F)cc2F)C1C(C)C. The van der Waals surface area contributed by atoms with E-state index in [1.807, 2.05) is 18.7 Å². The van der Waals surface area contributed by atoms with Gasteiger partial charge in [0.05, 0.1) is 17.8 Å². The van der Waals surface area contributed by atoms with Gasteiger partial charge in [-0.05, 0) is 24.5 Å². The fourth-order valence-corrected chi connectivity index (χ4v) is 3.05.